The molecule has 0 spiro atoms. The molecule has 0 unspecified atom stereocenters. The van der Waals surface area contributed by atoms with Crippen molar-refractivity contribution in [1.29, 1.82) is 0 Å². The maximum atomic E-state index is 13.9. The second-order valence-corrected chi connectivity index (χ2v) is 4.09. The Hall–Kier alpha value is -1.47. The largest absolute Gasteiger partial charge is 0.394 e. The maximum Gasteiger partial charge on any atom is 0.351 e. The lowest BCUT2D eigenvalue weighted by molar-refractivity contribution is -0.0418. The Bertz CT molecular complexity index is 464. The molecule has 0 amide bonds. The smallest absolute Gasteiger partial charge is 0.351 e. The van der Waals surface area contributed by atoms with Gasteiger partial charge in [-0.3, -0.25) is 4.57 Å². The molecule has 17 heavy (non-hydrogen) atoms. The van der Waals surface area contributed by atoms with Crippen molar-refractivity contribution < 1.29 is 14.2 Å². The number of hydrogen-bond acceptors (Lipinski definition) is 5. The van der Waals surface area contributed by atoms with Crippen LogP contribution >= 0.6 is 0 Å². The lowest BCUT2D eigenvalue weighted by Gasteiger charge is -2.15. The average molecular weight is 243 g/mol. The Morgan fingerprint density at radius 3 is 2.94 bits per heavy atom. The Kier molecular flexibility index (Phi) is 3.12. The zero-order valence-electron chi connectivity index (χ0n) is 9.28. The summed E-state index contributed by atoms with van der Waals surface area (Å²) in [5.74, 6) is -0.402. The third-order valence-electron chi connectivity index (χ3n) is 2.98. The number of nitrogens with two attached hydrogens (primary N) is 1. The van der Waals surface area contributed by atoms with E-state index in [0.717, 1.165) is 4.57 Å². The lowest BCUT2D eigenvalue weighted by Crippen LogP contribution is -2.31. The molecule has 1 aromatic rings. The van der Waals surface area contributed by atoms with Gasteiger partial charge < -0.3 is 15.6 Å². The topological polar surface area (TPSA) is 90.4 Å². The molecule has 3 N–H and O–H groups in total. The van der Waals surface area contributed by atoms with E-state index >= 15 is 0 Å². The summed E-state index contributed by atoms with van der Waals surface area (Å²) in [4.78, 5) is 15.0. The molecule has 1 saturated heterocycles. The molecule has 1 aliphatic heterocycles. The molecule has 94 valence electrons. The van der Waals surface area contributed by atoms with Gasteiger partial charge >= 0.3 is 5.69 Å². The van der Waals surface area contributed by atoms with Gasteiger partial charge in [0.05, 0.1) is 12.7 Å². The van der Waals surface area contributed by atoms with Crippen LogP contribution in [0.1, 0.15) is 13.2 Å². The number of rotatable bonds is 2. The SMILES string of the molecule is C[C@@H]1[C@H](F)[C@H](n2ccc(N)nc2=O)O[C@@H]1CO. The molecule has 1 aromatic heterocycles. The first kappa shape index (κ1) is 12.0. The summed E-state index contributed by atoms with van der Waals surface area (Å²) in [6.45, 7) is 1.34. The summed E-state index contributed by atoms with van der Waals surface area (Å²) in [6.07, 6.45) is -1.69. The number of nitrogens with zero attached hydrogens (tertiary/aromatic N) is 2. The van der Waals surface area contributed by atoms with E-state index < -0.39 is 30.1 Å². The highest BCUT2D eigenvalue weighted by atomic mass is 19.1. The number of hydrogen-bond donors (Lipinski definition) is 2. The Labute approximate surface area is 96.8 Å². The predicted molar refractivity (Wildman–Crippen MR) is 58.0 cm³/mol. The lowest BCUT2D eigenvalue weighted by atomic mass is 10.0. The summed E-state index contributed by atoms with van der Waals surface area (Å²) in [5.41, 5.74) is 4.68. The van der Waals surface area contributed by atoms with Crippen molar-refractivity contribution in [2.75, 3.05) is 12.3 Å². The fourth-order valence-corrected chi connectivity index (χ4v) is 1.89. The van der Waals surface area contributed by atoms with Crippen LogP contribution in [0.4, 0.5) is 10.2 Å². The quantitative estimate of drug-likeness (QED) is 0.743. The first-order valence-corrected chi connectivity index (χ1v) is 5.29. The Balaban J connectivity index is 2.32. The average Bonchev–Trinajstić information content (AvgIpc) is 2.57. The van der Waals surface area contributed by atoms with E-state index in [1.165, 1.54) is 12.3 Å². The minimum absolute atomic E-state index is 0.0754. The molecule has 1 aliphatic rings. The predicted octanol–water partition coefficient (Wildman–Crippen LogP) is -0.311. The van der Waals surface area contributed by atoms with E-state index in [4.69, 9.17) is 15.6 Å². The van der Waals surface area contributed by atoms with Crippen LogP contribution in [0.2, 0.25) is 0 Å². The van der Waals surface area contributed by atoms with Crippen molar-refractivity contribution in [3.05, 3.63) is 22.7 Å². The highest BCUT2D eigenvalue weighted by molar-refractivity contribution is 5.23. The van der Waals surface area contributed by atoms with Crippen molar-refractivity contribution >= 4 is 5.82 Å². The molecular formula is C10H14FN3O3. The number of nitrogen functional groups attached to an aromatic ring is 1. The summed E-state index contributed by atoms with van der Waals surface area (Å²) >= 11 is 0. The first-order chi connectivity index (χ1) is 8.04. The minimum Gasteiger partial charge on any atom is -0.394 e. The molecule has 2 heterocycles. The molecule has 0 aromatic carbocycles. The third kappa shape index (κ3) is 2.03. The van der Waals surface area contributed by atoms with Crippen molar-refractivity contribution in [3.63, 3.8) is 0 Å². The van der Waals surface area contributed by atoms with E-state index in [9.17, 15) is 9.18 Å². The van der Waals surface area contributed by atoms with Gasteiger partial charge in [0.1, 0.15) is 5.82 Å². The van der Waals surface area contributed by atoms with E-state index in [0.29, 0.717) is 0 Å². The molecule has 1 fully saturated rings. The molecular weight excluding hydrogens is 229 g/mol. The fourth-order valence-electron chi connectivity index (χ4n) is 1.89. The number of alkyl halides is 1. The van der Waals surface area contributed by atoms with Gasteiger partial charge in [0.25, 0.3) is 0 Å². The number of ether oxygens (including phenoxy) is 1. The van der Waals surface area contributed by atoms with Crippen LogP contribution in [0.5, 0.6) is 0 Å². The van der Waals surface area contributed by atoms with Crippen LogP contribution in [0.25, 0.3) is 0 Å². The summed E-state index contributed by atoms with van der Waals surface area (Å²) in [7, 11) is 0. The molecule has 6 nitrogen and oxygen atoms in total. The molecule has 0 saturated carbocycles. The molecule has 2 rings (SSSR count). The van der Waals surface area contributed by atoms with Gasteiger partial charge in [0, 0.05) is 12.1 Å². The Morgan fingerprint density at radius 1 is 1.71 bits per heavy atom. The normalized spacial score (nSPS) is 32.9. The second kappa shape index (κ2) is 4.42. The van der Waals surface area contributed by atoms with Crippen molar-refractivity contribution in [1.82, 2.24) is 9.55 Å². The van der Waals surface area contributed by atoms with Crippen LogP contribution in [0.15, 0.2) is 17.1 Å². The number of halogens is 1. The van der Waals surface area contributed by atoms with Gasteiger partial charge in [-0.2, -0.15) is 4.98 Å². The van der Waals surface area contributed by atoms with E-state index in [-0.39, 0.29) is 12.4 Å². The zero-order valence-corrected chi connectivity index (χ0v) is 9.28. The number of aromatic nitrogens is 2. The molecule has 7 heteroatoms. The molecule has 4 atom stereocenters. The van der Waals surface area contributed by atoms with Gasteiger partial charge in [0.15, 0.2) is 12.4 Å². The second-order valence-electron chi connectivity index (χ2n) is 4.09. The molecule has 0 aliphatic carbocycles. The monoisotopic (exact) mass is 243 g/mol. The Morgan fingerprint density at radius 2 is 2.41 bits per heavy atom. The van der Waals surface area contributed by atoms with Gasteiger partial charge in [0.2, 0.25) is 0 Å². The van der Waals surface area contributed by atoms with E-state index in [1.807, 2.05) is 0 Å². The van der Waals surface area contributed by atoms with Crippen LogP contribution in [-0.4, -0.2) is 33.5 Å². The highest BCUT2D eigenvalue weighted by Gasteiger charge is 2.43. The summed E-state index contributed by atoms with van der Waals surface area (Å²) < 4.78 is 20.3. The van der Waals surface area contributed by atoms with Gasteiger partial charge in [-0.1, -0.05) is 6.92 Å². The van der Waals surface area contributed by atoms with Gasteiger partial charge in [-0.25, -0.2) is 9.18 Å². The summed E-state index contributed by atoms with van der Waals surface area (Å²) in [5, 5.41) is 9.02. The standard InChI is InChI=1S/C10H14FN3O3/c1-5-6(4-15)17-9(8(5)11)14-3-2-7(12)13-10(14)16/h2-3,5-6,8-9,15H,4H2,1H3,(H2,12,13,16)/t5-,6+,8-,9+/m0/s1. The number of aliphatic hydroxyl groups is 1. The first-order valence-electron chi connectivity index (χ1n) is 5.29. The minimum atomic E-state index is -1.37. The summed E-state index contributed by atoms with van der Waals surface area (Å²) in [6, 6.07) is 1.40. The van der Waals surface area contributed by atoms with Crippen LogP contribution in [0.3, 0.4) is 0 Å². The molecule has 0 bridgehead atoms. The van der Waals surface area contributed by atoms with E-state index in [1.54, 1.807) is 6.92 Å². The van der Waals surface area contributed by atoms with Gasteiger partial charge in [-0.15, -0.1) is 0 Å². The number of anilines is 1. The molecule has 0 radical (unpaired) electrons. The van der Waals surface area contributed by atoms with Crippen molar-refractivity contribution in [3.8, 4) is 0 Å². The maximum absolute atomic E-state index is 13.9. The van der Waals surface area contributed by atoms with Gasteiger partial charge in [-0.05, 0) is 6.07 Å². The van der Waals surface area contributed by atoms with Crippen LogP contribution < -0.4 is 11.4 Å². The van der Waals surface area contributed by atoms with Crippen molar-refractivity contribution in [2.45, 2.75) is 25.4 Å². The third-order valence-corrected chi connectivity index (χ3v) is 2.98. The van der Waals surface area contributed by atoms with Crippen LogP contribution in [-0.2, 0) is 4.74 Å². The van der Waals surface area contributed by atoms with Crippen LogP contribution in [0, 0.1) is 5.92 Å². The van der Waals surface area contributed by atoms with E-state index in [2.05, 4.69) is 4.98 Å². The zero-order chi connectivity index (χ0) is 12.6. The van der Waals surface area contributed by atoms with Crippen molar-refractivity contribution in [2.24, 2.45) is 5.92 Å². The highest BCUT2D eigenvalue weighted by Crippen LogP contribution is 2.34. The fraction of sp³-hybridized carbons (Fsp3) is 0.600. The number of aliphatic hydroxyl groups excluding tert-OH is 1.